The third kappa shape index (κ3) is 2.07. The zero-order valence-electron chi connectivity index (χ0n) is 11.1. The molecule has 9 heteroatoms. The SMILES string of the molecule is [O-][N+]([O-])=C1C=CC(=C2NN=C3S[C@@H](c4ccco4)NN32)C=C1. The van der Waals surface area contributed by atoms with E-state index in [2.05, 4.69) is 16.0 Å². The molecule has 0 bridgehead atoms. The van der Waals surface area contributed by atoms with Crippen molar-refractivity contribution in [3.63, 3.8) is 0 Å². The largest absolute Gasteiger partial charge is 0.612 e. The lowest BCUT2D eigenvalue weighted by Gasteiger charge is -2.17. The summed E-state index contributed by atoms with van der Waals surface area (Å²) in [6, 6.07) is 3.73. The van der Waals surface area contributed by atoms with E-state index in [1.54, 1.807) is 18.4 Å². The summed E-state index contributed by atoms with van der Waals surface area (Å²) >= 11 is 1.52. The Bertz CT molecular complexity index is 741. The number of allylic oxidation sites excluding steroid dienone is 5. The van der Waals surface area contributed by atoms with Gasteiger partial charge in [0.15, 0.2) is 5.82 Å². The van der Waals surface area contributed by atoms with Crippen molar-refractivity contribution in [1.29, 1.82) is 0 Å². The van der Waals surface area contributed by atoms with E-state index in [-0.39, 0.29) is 11.1 Å². The van der Waals surface area contributed by atoms with Gasteiger partial charge < -0.3 is 14.8 Å². The van der Waals surface area contributed by atoms with Crippen LogP contribution in [0.4, 0.5) is 0 Å². The highest BCUT2D eigenvalue weighted by molar-refractivity contribution is 8.14. The molecule has 0 unspecified atom stereocenters. The fourth-order valence-corrected chi connectivity index (χ4v) is 3.21. The quantitative estimate of drug-likeness (QED) is 0.598. The van der Waals surface area contributed by atoms with Gasteiger partial charge in [0, 0.05) is 17.7 Å². The molecule has 0 spiro atoms. The Morgan fingerprint density at radius 3 is 2.77 bits per heavy atom. The molecule has 3 aliphatic rings. The molecule has 0 saturated carbocycles. The number of hydrogen-bond acceptors (Lipinski definition) is 8. The number of hydrazine groups is 1. The summed E-state index contributed by atoms with van der Waals surface area (Å²) in [6.07, 6.45) is 7.93. The molecule has 1 aromatic heterocycles. The molecule has 22 heavy (non-hydrogen) atoms. The van der Waals surface area contributed by atoms with Crippen LogP contribution in [0.3, 0.4) is 0 Å². The van der Waals surface area contributed by atoms with Gasteiger partial charge in [0.05, 0.1) is 6.26 Å². The smallest absolute Gasteiger partial charge is 0.222 e. The molecule has 112 valence electrons. The number of fused-ring (bicyclic) bond motifs is 1. The van der Waals surface area contributed by atoms with Gasteiger partial charge in [-0.2, -0.15) is 4.90 Å². The number of nitrogens with one attached hydrogen (secondary N) is 2. The van der Waals surface area contributed by atoms with Crippen molar-refractivity contribution in [3.8, 4) is 0 Å². The summed E-state index contributed by atoms with van der Waals surface area (Å²) in [4.78, 5) is -0.421. The maximum Gasteiger partial charge on any atom is 0.222 e. The van der Waals surface area contributed by atoms with Crippen molar-refractivity contribution in [2.45, 2.75) is 5.37 Å². The first-order valence-corrected chi connectivity index (χ1v) is 7.32. The van der Waals surface area contributed by atoms with Crippen molar-refractivity contribution in [3.05, 3.63) is 70.3 Å². The molecule has 2 N–H and O–H groups in total. The van der Waals surface area contributed by atoms with E-state index in [1.165, 1.54) is 23.9 Å². The molecule has 1 aliphatic carbocycles. The molecular weight excluding hydrogens is 306 g/mol. The molecule has 8 nitrogen and oxygen atoms in total. The van der Waals surface area contributed by atoms with Crippen LogP contribution in [0.15, 0.2) is 63.6 Å². The van der Waals surface area contributed by atoms with Crippen molar-refractivity contribution >= 4 is 22.6 Å². The summed E-state index contributed by atoms with van der Waals surface area (Å²) in [5.74, 6) is 1.54. The van der Waals surface area contributed by atoms with Gasteiger partial charge >= 0.3 is 0 Å². The summed E-state index contributed by atoms with van der Waals surface area (Å²) < 4.78 is 5.40. The van der Waals surface area contributed by atoms with Gasteiger partial charge in [-0.1, -0.05) is 11.8 Å². The van der Waals surface area contributed by atoms with E-state index < -0.39 is 4.90 Å². The normalized spacial score (nSPS) is 22.9. The Labute approximate surface area is 129 Å². The standard InChI is InChI=1S/C13H10N5O3S/c19-18(20)9-5-3-8(4-6-9)11-14-15-13-17(11)16-12(22-13)10-2-1-7-21-10/h1-7,12,14,16H/q-1/t12-/m0/s1. The number of amidine groups is 1. The van der Waals surface area contributed by atoms with Crippen LogP contribution in [0, 0.1) is 10.4 Å². The number of rotatable bonds is 1. The fraction of sp³-hybridized carbons (Fsp3) is 0.0769. The van der Waals surface area contributed by atoms with Crippen molar-refractivity contribution in [2.75, 3.05) is 0 Å². The van der Waals surface area contributed by atoms with Gasteiger partial charge in [-0.05, 0) is 24.3 Å². The van der Waals surface area contributed by atoms with Gasteiger partial charge in [0.2, 0.25) is 10.9 Å². The average Bonchev–Trinajstić information content (AvgIpc) is 3.23. The Kier molecular flexibility index (Phi) is 2.94. The monoisotopic (exact) mass is 316 g/mol. The van der Waals surface area contributed by atoms with E-state index in [0.717, 1.165) is 22.3 Å². The summed E-state index contributed by atoms with van der Waals surface area (Å²) in [6.45, 7) is 0. The zero-order chi connectivity index (χ0) is 15.1. The van der Waals surface area contributed by atoms with Crippen molar-refractivity contribution in [2.24, 2.45) is 5.10 Å². The molecule has 0 amide bonds. The van der Waals surface area contributed by atoms with Crippen LogP contribution in [-0.2, 0) is 0 Å². The Morgan fingerprint density at radius 2 is 2.09 bits per heavy atom. The van der Waals surface area contributed by atoms with Crippen molar-refractivity contribution in [1.82, 2.24) is 15.9 Å². The highest BCUT2D eigenvalue weighted by Gasteiger charge is 2.37. The van der Waals surface area contributed by atoms with Crippen LogP contribution in [-0.4, -0.2) is 20.8 Å². The fourth-order valence-electron chi connectivity index (χ4n) is 2.24. The highest BCUT2D eigenvalue weighted by atomic mass is 32.2. The Morgan fingerprint density at radius 1 is 1.27 bits per heavy atom. The number of nitrogens with zero attached hydrogens (tertiary/aromatic N) is 3. The first-order chi connectivity index (χ1) is 10.7. The number of thioether (sulfide) groups is 1. The molecular formula is C13H10N5O3S-. The van der Waals surface area contributed by atoms with Gasteiger partial charge in [-0.25, -0.2) is 10.4 Å². The maximum absolute atomic E-state index is 10.7. The van der Waals surface area contributed by atoms with E-state index in [9.17, 15) is 10.4 Å². The second kappa shape index (κ2) is 4.97. The summed E-state index contributed by atoms with van der Waals surface area (Å²) in [5.41, 5.74) is 7.08. The van der Waals surface area contributed by atoms with Crippen molar-refractivity contribution < 1.29 is 9.32 Å². The molecule has 0 radical (unpaired) electrons. The van der Waals surface area contributed by atoms with Crippen LogP contribution in [0.5, 0.6) is 0 Å². The molecule has 4 rings (SSSR count). The number of hydrogen-bond donors (Lipinski definition) is 2. The lowest BCUT2D eigenvalue weighted by Crippen LogP contribution is -2.34. The lowest BCUT2D eigenvalue weighted by atomic mass is 10.1. The minimum Gasteiger partial charge on any atom is -0.612 e. The molecule has 1 atom stereocenters. The summed E-state index contributed by atoms with van der Waals surface area (Å²) in [7, 11) is 0. The van der Waals surface area contributed by atoms with Crippen LogP contribution in [0.1, 0.15) is 11.1 Å². The van der Waals surface area contributed by atoms with E-state index >= 15 is 0 Å². The first kappa shape index (κ1) is 13.0. The van der Waals surface area contributed by atoms with E-state index in [4.69, 9.17) is 4.42 Å². The van der Waals surface area contributed by atoms with Gasteiger partial charge in [-0.15, -0.1) is 5.10 Å². The van der Waals surface area contributed by atoms with Gasteiger partial charge in [-0.3, -0.25) is 5.43 Å². The lowest BCUT2D eigenvalue weighted by molar-refractivity contribution is -0.377. The third-order valence-corrected chi connectivity index (χ3v) is 4.35. The molecule has 2 aliphatic heterocycles. The maximum atomic E-state index is 10.7. The Hall–Kier alpha value is -2.65. The molecule has 1 aromatic rings. The summed E-state index contributed by atoms with van der Waals surface area (Å²) in [5, 5.41) is 28.2. The third-order valence-electron chi connectivity index (χ3n) is 3.30. The molecule has 1 saturated heterocycles. The minimum atomic E-state index is -0.421. The van der Waals surface area contributed by atoms with Gasteiger partial charge in [0.1, 0.15) is 11.1 Å². The Balaban J connectivity index is 1.60. The molecule has 3 heterocycles. The highest BCUT2D eigenvalue weighted by Crippen LogP contribution is 2.38. The second-order valence-electron chi connectivity index (χ2n) is 4.64. The van der Waals surface area contributed by atoms with Crippen LogP contribution in [0.2, 0.25) is 0 Å². The van der Waals surface area contributed by atoms with Crippen LogP contribution < -0.4 is 10.9 Å². The first-order valence-electron chi connectivity index (χ1n) is 6.44. The molecule has 1 fully saturated rings. The number of hydrazone groups is 1. The predicted octanol–water partition coefficient (Wildman–Crippen LogP) is 1.49. The second-order valence-corrected chi connectivity index (χ2v) is 5.71. The number of furan rings is 1. The van der Waals surface area contributed by atoms with Crippen LogP contribution in [0.25, 0.3) is 0 Å². The molecule has 0 aromatic carbocycles. The van der Waals surface area contributed by atoms with Crippen LogP contribution >= 0.6 is 11.8 Å². The van der Waals surface area contributed by atoms with E-state index in [1.807, 2.05) is 17.1 Å². The zero-order valence-corrected chi connectivity index (χ0v) is 11.9. The average molecular weight is 316 g/mol. The van der Waals surface area contributed by atoms with E-state index in [0.29, 0.717) is 0 Å². The minimum absolute atomic E-state index is 0.0519. The van der Waals surface area contributed by atoms with Gasteiger partial charge in [0.25, 0.3) is 0 Å². The topological polar surface area (TPSA) is 102 Å². The predicted molar refractivity (Wildman–Crippen MR) is 81.9 cm³/mol.